The lowest BCUT2D eigenvalue weighted by Gasteiger charge is -2.14. The van der Waals surface area contributed by atoms with E-state index in [0.717, 1.165) is 0 Å². The highest BCUT2D eigenvalue weighted by Crippen LogP contribution is 2.26. The summed E-state index contributed by atoms with van der Waals surface area (Å²) in [6, 6.07) is 10.1. The fraction of sp³-hybridized carbons (Fsp3) is 0.167. The molecule has 0 unspecified atom stereocenters. The van der Waals surface area contributed by atoms with Gasteiger partial charge >= 0.3 is 5.97 Å². The van der Waals surface area contributed by atoms with Gasteiger partial charge in [0.05, 0.1) is 6.42 Å². The molecule has 0 spiro atoms. The number of nitrogens with zero attached hydrogens (tertiary/aromatic N) is 1. The van der Waals surface area contributed by atoms with Crippen molar-refractivity contribution in [1.82, 2.24) is 0 Å². The first-order valence-corrected chi connectivity index (χ1v) is 7.73. The molecular weight excluding hydrogens is 320 g/mol. The minimum atomic E-state index is -0.937. The number of anilines is 2. The van der Waals surface area contributed by atoms with Crippen LogP contribution in [0, 0.1) is 0 Å². The molecule has 0 fully saturated rings. The van der Waals surface area contributed by atoms with Crippen LogP contribution in [-0.4, -0.2) is 23.2 Å². The number of carbonyl (C=O) groups excluding carboxylic acids is 1. The van der Waals surface area contributed by atoms with Gasteiger partial charge in [0, 0.05) is 22.5 Å². The summed E-state index contributed by atoms with van der Waals surface area (Å²) in [5.41, 5.74) is 9.28. The Morgan fingerprint density at radius 1 is 1.28 bits per heavy atom. The summed E-state index contributed by atoms with van der Waals surface area (Å²) < 4.78 is 0. The number of carbonyl (C=O) groups is 2. The molecule has 6 N–H and O–H groups in total. The van der Waals surface area contributed by atoms with E-state index in [1.807, 2.05) is 6.92 Å². The first-order chi connectivity index (χ1) is 12.0. The van der Waals surface area contributed by atoms with Gasteiger partial charge in [0.15, 0.2) is 5.78 Å². The zero-order chi connectivity index (χ0) is 18.4. The van der Waals surface area contributed by atoms with Crippen molar-refractivity contribution in [3.05, 3.63) is 58.7 Å². The molecule has 0 saturated heterocycles. The standard InChI is InChI=1S/C18H20N4O3/c1-2-14-11(9-16(23)24)6-7-15(17(14)19)18(25)12-4-3-5-13(8-12)21-10-22-20/h3-8,10H,2,9,19-20H2,1H3,(H,21,22)(H,23,24). The Morgan fingerprint density at radius 2 is 2.04 bits per heavy atom. The first kappa shape index (κ1) is 18.0. The number of benzene rings is 2. The molecule has 0 aliphatic carbocycles. The number of carboxylic acids is 1. The third-order valence-electron chi connectivity index (χ3n) is 3.82. The van der Waals surface area contributed by atoms with Gasteiger partial charge in [0.1, 0.15) is 6.34 Å². The van der Waals surface area contributed by atoms with Gasteiger partial charge in [-0.15, -0.1) is 0 Å². The van der Waals surface area contributed by atoms with E-state index in [2.05, 4.69) is 10.4 Å². The van der Waals surface area contributed by atoms with Gasteiger partial charge in [-0.25, -0.2) is 0 Å². The summed E-state index contributed by atoms with van der Waals surface area (Å²) in [7, 11) is 0. The number of carboxylic acid groups (broad SMARTS) is 1. The van der Waals surface area contributed by atoms with Crippen molar-refractivity contribution < 1.29 is 14.7 Å². The second-order valence-electron chi connectivity index (χ2n) is 5.42. The molecular formula is C18H20N4O3. The molecule has 0 radical (unpaired) electrons. The van der Waals surface area contributed by atoms with Crippen LogP contribution >= 0.6 is 0 Å². The Bertz CT molecular complexity index is 831. The maximum Gasteiger partial charge on any atom is 0.307 e. The van der Waals surface area contributed by atoms with Gasteiger partial charge in [-0.05, 0) is 35.7 Å². The summed E-state index contributed by atoms with van der Waals surface area (Å²) in [6.07, 6.45) is 1.73. The Morgan fingerprint density at radius 3 is 2.68 bits per heavy atom. The number of aliphatic carboxylic acids is 1. The number of nitrogen functional groups attached to an aromatic ring is 1. The zero-order valence-electron chi connectivity index (χ0n) is 13.8. The highest BCUT2D eigenvalue weighted by Gasteiger charge is 2.18. The van der Waals surface area contributed by atoms with Crippen molar-refractivity contribution in [3.8, 4) is 0 Å². The Balaban J connectivity index is 2.41. The Hall–Kier alpha value is -3.35. The largest absolute Gasteiger partial charge is 0.481 e. The summed E-state index contributed by atoms with van der Waals surface area (Å²) in [5.74, 6) is 3.88. The quantitative estimate of drug-likeness (QED) is 0.152. The number of hydrogen-bond donors (Lipinski definition) is 4. The highest BCUT2D eigenvalue weighted by molar-refractivity contribution is 6.13. The SMILES string of the molecule is CCc1c(CC(=O)O)ccc(C(=O)c2cccc(NC=NN)c2)c1N. The number of nitrogens with two attached hydrogens (primary N) is 2. The van der Waals surface area contributed by atoms with E-state index >= 15 is 0 Å². The number of hydrogen-bond acceptors (Lipinski definition) is 5. The van der Waals surface area contributed by atoms with Gasteiger partial charge in [-0.3, -0.25) is 9.59 Å². The molecule has 2 aromatic rings. The van der Waals surface area contributed by atoms with Crippen LogP contribution in [0.5, 0.6) is 0 Å². The predicted molar refractivity (Wildman–Crippen MR) is 97.7 cm³/mol. The van der Waals surface area contributed by atoms with E-state index in [1.165, 1.54) is 6.34 Å². The molecule has 25 heavy (non-hydrogen) atoms. The maximum absolute atomic E-state index is 12.8. The summed E-state index contributed by atoms with van der Waals surface area (Å²) in [6.45, 7) is 1.88. The third-order valence-corrected chi connectivity index (χ3v) is 3.82. The van der Waals surface area contributed by atoms with Crippen molar-refractivity contribution in [1.29, 1.82) is 0 Å². The summed E-state index contributed by atoms with van der Waals surface area (Å²) >= 11 is 0. The fourth-order valence-electron chi connectivity index (χ4n) is 2.67. The Kier molecular flexibility index (Phi) is 5.73. The van der Waals surface area contributed by atoms with Crippen LogP contribution in [0.4, 0.5) is 11.4 Å². The normalized spacial score (nSPS) is 10.8. The molecule has 7 nitrogen and oxygen atoms in total. The first-order valence-electron chi connectivity index (χ1n) is 7.73. The van der Waals surface area contributed by atoms with Crippen LogP contribution in [0.15, 0.2) is 41.5 Å². The molecule has 0 amide bonds. The number of rotatable bonds is 7. The van der Waals surface area contributed by atoms with Crippen molar-refractivity contribution in [2.24, 2.45) is 10.9 Å². The van der Waals surface area contributed by atoms with E-state index in [0.29, 0.717) is 40.0 Å². The van der Waals surface area contributed by atoms with Gasteiger partial charge in [-0.2, -0.15) is 5.10 Å². The van der Waals surface area contributed by atoms with E-state index in [-0.39, 0.29) is 12.2 Å². The lowest BCUT2D eigenvalue weighted by atomic mass is 9.93. The lowest BCUT2D eigenvalue weighted by Crippen LogP contribution is -2.12. The van der Waals surface area contributed by atoms with Crippen LogP contribution in [0.3, 0.4) is 0 Å². The van der Waals surface area contributed by atoms with Gasteiger partial charge in [0.2, 0.25) is 0 Å². The highest BCUT2D eigenvalue weighted by atomic mass is 16.4. The second kappa shape index (κ2) is 7.96. The van der Waals surface area contributed by atoms with Gasteiger partial charge in [0.25, 0.3) is 0 Å². The topological polar surface area (TPSA) is 131 Å². The smallest absolute Gasteiger partial charge is 0.307 e. The molecule has 7 heteroatoms. The average Bonchev–Trinajstić information content (AvgIpc) is 2.59. The van der Waals surface area contributed by atoms with Gasteiger partial charge in [-0.1, -0.05) is 25.1 Å². The summed E-state index contributed by atoms with van der Waals surface area (Å²) in [5, 5.41) is 15.2. The number of hydrazone groups is 1. The molecule has 0 aliphatic rings. The second-order valence-corrected chi connectivity index (χ2v) is 5.42. The van der Waals surface area contributed by atoms with E-state index in [4.69, 9.17) is 16.7 Å². The van der Waals surface area contributed by atoms with Crippen molar-refractivity contribution in [3.63, 3.8) is 0 Å². The lowest BCUT2D eigenvalue weighted by molar-refractivity contribution is -0.136. The number of nitrogens with one attached hydrogen (secondary N) is 1. The molecule has 0 heterocycles. The molecule has 0 aliphatic heterocycles. The summed E-state index contributed by atoms with van der Waals surface area (Å²) in [4.78, 5) is 23.8. The molecule has 2 aromatic carbocycles. The zero-order valence-corrected chi connectivity index (χ0v) is 13.8. The number of ketones is 1. The van der Waals surface area contributed by atoms with Crippen LogP contribution in [0.1, 0.15) is 34.0 Å². The van der Waals surface area contributed by atoms with Crippen molar-refractivity contribution in [2.45, 2.75) is 19.8 Å². The van der Waals surface area contributed by atoms with E-state index in [1.54, 1.807) is 36.4 Å². The van der Waals surface area contributed by atoms with E-state index < -0.39 is 5.97 Å². The van der Waals surface area contributed by atoms with Gasteiger partial charge < -0.3 is 22.0 Å². The molecule has 0 atom stereocenters. The van der Waals surface area contributed by atoms with Crippen LogP contribution < -0.4 is 16.9 Å². The van der Waals surface area contributed by atoms with Crippen molar-refractivity contribution in [2.75, 3.05) is 11.1 Å². The molecule has 0 bridgehead atoms. The Labute approximate surface area is 145 Å². The van der Waals surface area contributed by atoms with Crippen LogP contribution in [0.2, 0.25) is 0 Å². The minimum Gasteiger partial charge on any atom is -0.481 e. The molecule has 0 aromatic heterocycles. The molecule has 2 rings (SSSR count). The maximum atomic E-state index is 12.8. The predicted octanol–water partition coefficient (Wildman–Crippen LogP) is 2.00. The van der Waals surface area contributed by atoms with Crippen LogP contribution in [-0.2, 0) is 17.6 Å². The third kappa shape index (κ3) is 4.14. The minimum absolute atomic E-state index is 0.125. The van der Waals surface area contributed by atoms with Crippen LogP contribution in [0.25, 0.3) is 0 Å². The monoisotopic (exact) mass is 340 g/mol. The van der Waals surface area contributed by atoms with Crippen molar-refractivity contribution >= 4 is 29.5 Å². The molecule has 0 saturated carbocycles. The average molecular weight is 340 g/mol. The van der Waals surface area contributed by atoms with E-state index in [9.17, 15) is 9.59 Å². The molecule has 130 valence electrons. The fourth-order valence-corrected chi connectivity index (χ4v) is 2.67.